The molecule has 190 valence electrons. The number of halogens is 2. The Morgan fingerprint density at radius 1 is 1.27 bits per heavy atom. The molecule has 1 N–H and O–H groups in total. The van der Waals surface area contributed by atoms with Crippen LogP contribution in [0.1, 0.15) is 31.7 Å². The van der Waals surface area contributed by atoms with Gasteiger partial charge in [0.25, 0.3) is 0 Å². The Morgan fingerprint density at radius 2 is 2.14 bits per heavy atom. The second kappa shape index (κ2) is 9.53. The normalized spacial score (nSPS) is 22.1. The number of hydrogen-bond acceptors (Lipinski definition) is 6. The first-order chi connectivity index (χ1) is 18.0. The molecule has 8 nitrogen and oxygen atoms in total. The summed E-state index contributed by atoms with van der Waals surface area (Å²) in [5.74, 6) is -0.247. The third kappa shape index (κ3) is 4.29. The molecule has 0 spiro atoms. The number of rotatable bonds is 6. The Morgan fingerprint density at radius 3 is 2.92 bits per heavy atom. The summed E-state index contributed by atoms with van der Waals surface area (Å²) < 4.78 is 16.3. The van der Waals surface area contributed by atoms with E-state index in [4.69, 9.17) is 11.6 Å². The van der Waals surface area contributed by atoms with E-state index in [0.717, 1.165) is 54.8 Å². The van der Waals surface area contributed by atoms with Crippen LogP contribution in [0.15, 0.2) is 49.2 Å². The molecule has 6 rings (SSSR count). The second-order valence-corrected chi connectivity index (χ2v) is 10.7. The summed E-state index contributed by atoms with van der Waals surface area (Å²) in [6.45, 7) is 5.16. The van der Waals surface area contributed by atoms with Crippen LogP contribution in [0, 0.1) is 17.1 Å². The van der Waals surface area contributed by atoms with Crippen molar-refractivity contribution in [3.05, 3.63) is 65.6 Å². The standard InChI is InChI=1S/C27H28ClFN8/c1-18-11-20(6-10-35(18)14-22-23(28)3-2-4-24(22)29)36-15-27(16-36,7-8-30)37-13-19(12-34-37)25-21-5-9-31-26(21)33-17-32-25/h2-5,9,12-13,17-18,20H,6-7,10-11,14-16H2,1H3,(H,31,32,33)/t18-,20?/m1/s1. The topological polar surface area (TPSA) is 89.7 Å². The van der Waals surface area contributed by atoms with Crippen molar-refractivity contribution in [3.63, 3.8) is 0 Å². The Bertz CT molecular complexity index is 1450. The number of H-pyrrole nitrogens is 1. The maximum absolute atomic E-state index is 14.3. The van der Waals surface area contributed by atoms with Gasteiger partial charge in [-0.25, -0.2) is 14.4 Å². The maximum Gasteiger partial charge on any atom is 0.141 e. The van der Waals surface area contributed by atoms with E-state index in [2.05, 4.69) is 42.8 Å². The van der Waals surface area contributed by atoms with Crippen LogP contribution >= 0.6 is 11.6 Å². The number of hydrogen-bond donors (Lipinski definition) is 1. The van der Waals surface area contributed by atoms with Gasteiger partial charge in [0, 0.05) is 72.2 Å². The Balaban J connectivity index is 1.14. The van der Waals surface area contributed by atoms with Gasteiger partial charge in [-0.3, -0.25) is 14.5 Å². The zero-order valence-electron chi connectivity index (χ0n) is 20.6. The quantitative estimate of drug-likeness (QED) is 0.401. The van der Waals surface area contributed by atoms with Crippen molar-refractivity contribution in [3.8, 4) is 17.3 Å². The lowest BCUT2D eigenvalue weighted by Gasteiger charge is -2.54. The highest BCUT2D eigenvalue weighted by molar-refractivity contribution is 6.31. The molecule has 2 fully saturated rings. The monoisotopic (exact) mass is 518 g/mol. The first-order valence-corrected chi connectivity index (χ1v) is 13.0. The number of aromatic amines is 1. The fourth-order valence-electron chi connectivity index (χ4n) is 5.91. The van der Waals surface area contributed by atoms with Gasteiger partial charge in [0.05, 0.1) is 24.4 Å². The summed E-state index contributed by atoms with van der Waals surface area (Å²) in [7, 11) is 0. The second-order valence-electron chi connectivity index (χ2n) is 10.3. The zero-order chi connectivity index (χ0) is 25.6. The first-order valence-electron chi connectivity index (χ1n) is 12.6. The fraction of sp³-hybridized carbons (Fsp3) is 0.407. The average Bonchev–Trinajstić information content (AvgIpc) is 3.54. The van der Waals surface area contributed by atoms with Gasteiger partial charge in [0.1, 0.15) is 23.3 Å². The van der Waals surface area contributed by atoms with Crippen LogP contribution in [0.25, 0.3) is 22.3 Å². The third-order valence-electron chi connectivity index (χ3n) is 8.02. The van der Waals surface area contributed by atoms with Crippen LogP contribution < -0.4 is 0 Å². The van der Waals surface area contributed by atoms with Crippen molar-refractivity contribution >= 4 is 22.6 Å². The smallest absolute Gasteiger partial charge is 0.141 e. The van der Waals surface area contributed by atoms with Crippen molar-refractivity contribution in [1.82, 2.24) is 34.5 Å². The summed E-state index contributed by atoms with van der Waals surface area (Å²) in [6.07, 6.45) is 9.62. The minimum Gasteiger partial charge on any atom is -0.346 e. The van der Waals surface area contributed by atoms with E-state index in [9.17, 15) is 9.65 Å². The molecule has 2 atom stereocenters. The van der Waals surface area contributed by atoms with Gasteiger partial charge in [0.2, 0.25) is 0 Å². The van der Waals surface area contributed by atoms with Crippen LogP contribution in [-0.4, -0.2) is 66.3 Å². The van der Waals surface area contributed by atoms with Gasteiger partial charge in [-0.1, -0.05) is 17.7 Å². The molecule has 0 saturated carbocycles. The molecule has 2 saturated heterocycles. The van der Waals surface area contributed by atoms with Crippen molar-refractivity contribution in [1.29, 1.82) is 5.26 Å². The lowest BCUT2D eigenvalue weighted by atomic mass is 9.83. The molecule has 1 unspecified atom stereocenters. The van der Waals surface area contributed by atoms with Crippen molar-refractivity contribution in [2.75, 3.05) is 19.6 Å². The van der Waals surface area contributed by atoms with Gasteiger partial charge < -0.3 is 4.98 Å². The van der Waals surface area contributed by atoms with Crippen molar-refractivity contribution in [2.45, 2.75) is 50.4 Å². The zero-order valence-corrected chi connectivity index (χ0v) is 21.4. The van der Waals surface area contributed by atoms with Gasteiger partial charge in [-0.05, 0) is 38.0 Å². The fourth-order valence-corrected chi connectivity index (χ4v) is 6.13. The molecule has 37 heavy (non-hydrogen) atoms. The first kappa shape index (κ1) is 24.0. The molecular formula is C27H28ClFN8. The molecule has 10 heteroatoms. The Hall–Kier alpha value is -3.32. The lowest BCUT2D eigenvalue weighted by molar-refractivity contribution is -0.0520. The molecule has 4 aromatic rings. The van der Waals surface area contributed by atoms with E-state index < -0.39 is 0 Å². The van der Waals surface area contributed by atoms with Crippen LogP contribution in [-0.2, 0) is 12.1 Å². The van der Waals surface area contributed by atoms with Crippen LogP contribution in [0.5, 0.6) is 0 Å². The highest BCUT2D eigenvalue weighted by Gasteiger charge is 2.48. The summed E-state index contributed by atoms with van der Waals surface area (Å²) >= 11 is 6.27. The molecule has 3 aromatic heterocycles. The molecule has 0 aliphatic carbocycles. The van der Waals surface area contributed by atoms with E-state index >= 15 is 0 Å². The van der Waals surface area contributed by atoms with Gasteiger partial charge in [0.15, 0.2) is 0 Å². The number of piperidine rings is 1. The van der Waals surface area contributed by atoms with Crippen LogP contribution in [0.3, 0.4) is 0 Å². The highest BCUT2D eigenvalue weighted by atomic mass is 35.5. The number of aromatic nitrogens is 5. The SMILES string of the molecule is C[C@@H]1CC(N2CC(CC#N)(n3cc(-c4ncnc5[nH]ccc45)cn3)C2)CCN1Cc1c(F)cccc1Cl. The lowest BCUT2D eigenvalue weighted by Crippen LogP contribution is -2.66. The van der Waals surface area contributed by atoms with Gasteiger partial charge >= 0.3 is 0 Å². The number of nitrogens with zero attached hydrogens (tertiary/aromatic N) is 7. The molecule has 0 radical (unpaired) electrons. The Kier molecular flexibility index (Phi) is 6.19. The largest absolute Gasteiger partial charge is 0.346 e. The maximum atomic E-state index is 14.3. The van der Waals surface area contributed by atoms with Crippen LogP contribution in [0.4, 0.5) is 4.39 Å². The van der Waals surface area contributed by atoms with Gasteiger partial charge in [-0.2, -0.15) is 10.4 Å². The summed E-state index contributed by atoms with van der Waals surface area (Å²) in [5.41, 5.74) is 2.75. The van der Waals surface area contributed by atoms with Crippen molar-refractivity contribution in [2.24, 2.45) is 0 Å². The van der Waals surface area contributed by atoms with E-state index in [1.807, 2.05) is 29.3 Å². The summed E-state index contributed by atoms with van der Waals surface area (Å²) in [6, 6.07) is 9.94. The molecule has 0 bridgehead atoms. The number of fused-ring (bicyclic) bond motifs is 1. The average molecular weight is 519 g/mol. The number of nitrogens with one attached hydrogen (secondary N) is 1. The summed E-state index contributed by atoms with van der Waals surface area (Å²) in [4.78, 5) is 16.7. The molecular weight excluding hydrogens is 491 g/mol. The predicted octanol–water partition coefficient (Wildman–Crippen LogP) is 4.59. The highest BCUT2D eigenvalue weighted by Crippen LogP contribution is 2.38. The third-order valence-corrected chi connectivity index (χ3v) is 8.38. The number of likely N-dealkylation sites (tertiary alicyclic amines) is 2. The number of nitriles is 1. The molecule has 2 aliphatic rings. The molecule has 1 aromatic carbocycles. The Labute approximate surface area is 219 Å². The van der Waals surface area contributed by atoms with E-state index in [0.29, 0.717) is 35.6 Å². The number of benzene rings is 1. The molecule has 5 heterocycles. The van der Waals surface area contributed by atoms with E-state index in [1.54, 1.807) is 18.5 Å². The van der Waals surface area contributed by atoms with E-state index in [1.165, 1.54) is 6.07 Å². The molecule has 2 aliphatic heterocycles. The summed E-state index contributed by atoms with van der Waals surface area (Å²) in [5, 5.41) is 15.8. The minimum atomic E-state index is -0.349. The van der Waals surface area contributed by atoms with Gasteiger partial charge in [-0.15, -0.1) is 0 Å². The predicted molar refractivity (Wildman–Crippen MR) is 139 cm³/mol. The van der Waals surface area contributed by atoms with Crippen LogP contribution in [0.2, 0.25) is 5.02 Å². The minimum absolute atomic E-state index is 0.247. The van der Waals surface area contributed by atoms with Crippen molar-refractivity contribution < 1.29 is 4.39 Å². The van der Waals surface area contributed by atoms with E-state index in [-0.39, 0.29) is 11.4 Å². The molecule has 0 amide bonds.